The van der Waals surface area contributed by atoms with E-state index in [1.165, 1.54) is 35.9 Å². The van der Waals surface area contributed by atoms with Crippen molar-refractivity contribution in [3.8, 4) is 16.9 Å². The van der Waals surface area contributed by atoms with Crippen molar-refractivity contribution in [2.24, 2.45) is 0 Å². The van der Waals surface area contributed by atoms with Crippen LogP contribution in [0.25, 0.3) is 21.3 Å². The predicted octanol–water partition coefficient (Wildman–Crippen LogP) is 5.37. The van der Waals surface area contributed by atoms with E-state index in [1.807, 2.05) is 17.5 Å². The Hall–Kier alpha value is -3.23. The summed E-state index contributed by atoms with van der Waals surface area (Å²) in [6.07, 6.45) is 1.40. The summed E-state index contributed by atoms with van der Waals surface area (Å²) < 4.78 is 0. The van der Waals surface area contributed by atoms with Gasteiger partial charge in [0.2, 0.25) is 0 Å². The maximum Gasteiger partial charge on any atom is 0.271 e. The number of hydrogen-bond acceptors (Lipinski definition) is 7. The summed E-state index contributed by atoms with van der Waals surface area (Å²) in [5, 5.41) is 27.4. The number of nitrogens with zero attached hydrogens (tertiary/aromatic N) is 3. The molecule has 0 unspecified atom stereocenters. The fourth-order valence-corrected chi connectivity index (χ4v) is 3.72. The lowest BCUT2D eigenvalue weighted by molar-refractivity contribution is -0.384. The van der Waals surface area contributed by atoms with Gasteiger partial charge in [0.25, 0.3) is 5.69 Å². The van der Waals surface area contributed by atoms with Crippen LogP contribution in [0, 0.1) is 10.1 Å². The van der Waals surface area contributed by atoms with E-state index in [0.29, 0.717) is 10.8 Å². The molecule has 0 bridgehead atoms. The number of phenolic OH excluding ortho intramolecular Hbond substituents is 1. The van der Waals surface area contributed by atoms with Gasteiger partial charge in [-0.2, -0.15) is 0 Å². The van der Waals surface area contributed by atoms with Gasteiger partial charge in [0.15, 0.2) is 0 Å². The first kappa shape index (κ1) is 17.2. The van der Waals surface area contributed by atoms with Gasteiger partial charge in [0, 0.05) is 28.1 Å². The van der Waals surface area contributed by atoms with E-state index in [9.17, 15) is 15.2 Å². The molecule has 0 spiro atoms. The number of benzene rings is 2. The summed E-state index contributed by atoms with van der Waals surface area (Å²) in [4.78, 5) is 19.8. The molecular weight excluding hydrogens is 388 g/mol. The number of non-ortho nitro benzene ring substituents is 1. The molecule has 0 aliphatic rings. The number of anilines is 2. The molecule has 7 nitrogen and oxygen atoms in total. The quantitative estimate of drug-likeness (QED) is 0.272. The van der Waals surface area contributed by atoms with Crippen molar-refractivity contribution in [3.63, 3.8) is 0 Å². The number of aromatic hydroxyl groups is 1. The number of halogens is 1. The molecule has 0 aliphatic heterocycles. The fourth-order valence-electron chi connectivity index (χ4n) is 2.68. The lowest BCUT2D eigenvalue weighted by Gasteiger charge is -2.10. The Balaban J connectivity index is 1.83. The van der Waals surface area contributed by atoms with Gasteiger partial charge < -0.3 is 10.4 Å². The molecule has 0 amide bonds. The smallest absolute Gasteiger partial charge is 0.271 e. The van der Waals surface area contributed by atoms with Crippen LogP contribution in [0.5, 0.6) is 5.75 Å². The summed E-state index contributed by atoms with van der Waals surface area (Å²) in [6.45, 7) is 0. The minimum Gasteiger partial charge on any atom is -0.506 e. The third-order valence-electron chi connectivity index (χ3n) is 3.97. The molecule has 0 fully saturated rings. The zero-order valence-electron chi connectivity index (χ0n) is 13.6. The number of hydrogen-bond donors (Lipinski definition) is 2. The molecule has 0 aliphatic carbocycles. The number of phenols is 1. The van der Waals surface area contributed by atoms with Crippen LogP contribution in [-0.2, 0) is 0 Å². The Morgan fingerprint density at radius 1 is 1.15 bits per heavy atom. The SMILES string of the molecule is O=[N+]([O-])c1ccc(O)c(Nc2ncnc3scc(-c4ccc(Cl)cc4)c23)c1. The third-order valence-corrected chi connectivity index (χ3v) is 5.11. The van der Waals surface area contributed by atoms with Crippen molar-refractivity contribution in [2.45, 2.75) is 0 Å². The van der Waals surface area contributed by atoms with Crippen LogP contribution >= 0.6 is 22.9 Å². The first-order valence-electron chi connectivity index (χ1n) is 7.75. The van der Waals surface area contributed by atoms with Gasteiger partial charge >= 0.3 is 0 Å². The van der Waals surface area contributed by atoms with E-state index in [4.69, 9.17) is 11.6 Å². The molecule has 2 heterocycles. The van der Waals surface area contributed by atoms with Crippen LogP contribution in [0.3, 0.4) is 0 Å². The highest BCUT2D eigenvalue weighted by molar-refractivity contribution is 7.17. The largest absolute Gasteiger partial charge is 0.506 e. The monoisotopic (exact) mass is 398 g/mol. The number of nitrogens with one attached hydrogen (secondary N) is 1. The van der Waals surface area contributed by atoms with Crippen molar-refractivity contribution in [2.75, 3.05) is 5.32 Å². The zero-order valence-corrected chi connectivity index (χ0v) is 15.2. The highest BCUT2D eigenvalue weighted by atomic mass is 35.5. The second-order valence-corrected chi connectivity index (χ2v) is 6.94. The van der Waals surface area contributed by atoms with Crippen LogP contribution in [0.1, 0.15) is 0 Å². The molecule has 9 heteroatoms. The van der Waals surface area contributed by atoms with Gasteiger partial charge in [-0.1, -0.05) is 23.7 Å². The number of nitro benzene ring substituents is 1. The van der Waals surface area contributed by atoms with Gasteiger partial charge in [0.1, 0.15) is 22.7 Å². The molecule has 2 aromatic heterocycles. The topological polar surface area (TPSA) is 101 Å². The lowest BCUT2D eigenvalue weighted by Crippen LogP contribution is -1.97. The summed E-state index contributed by atoms with van der Waals surface area (Å²) in [6, 6.07) is 11.1. The van der Waals surface area contributed by atoms with Crippen LogP contribution in [0.2, 0.25) is 5.02 Å². The normalized spacial score (nSPS) is 10.9. The molecule has 4 rings (SSSR count). The highest BCUT2D eigenvalue weighted by Crippen LogP contribution is 2.39. The van der Waals surface area contributed by atoms with Crippen molar-refractivity contribution < 1.29 is 10.0 Å². The third kappa shape index (κ3) is 3.27. The Morgan fingerprint density at radius 3 is 2.67 bits per heavy atom. The molecule has 2 aromatic carbocycles. The molecule has 0 saturated carbocycles. The van der Waals surface area contributed by atoms with E-state index in [1.54, 1.807) is 12.1 Å². The summed E-state index contributed by atoms with van der Waals surface area (Å²) in [5.74, 6) is 0.331. The Bertz CT molecular complexity index is 1160. The summed E-state index contributed by atoms with van der Waals surface area (Å²) in [7, 11) is 0. The van der Waals surface area contributed by atoms with Crippen LogP contribution in [-0.4, -0.2) is 20.0 Å². The van der Waals surface area contributed by atoms with Crippen LogP contribution < -0.4 is 5.32 Å². The zero-order chi connectivity index (χ0) is 19.0. The van der Waals surface area contributed by atoms with Crippen molar-refractivity contribution >= 4 is 50.3 Å². The van der Waals surface area contributed by atoms with Gasteiger partial charge in [0.05, 0.1) is 16.0 Å². The Labute approximate surface area is 162 Å². The van der Waals surface area contributed by atoms with Gasteiger partial charge in [-0.25, -0.2) is 9.97 Å². The molecule has 27 heavy (non-hydrogen) atoms. The Kier molecular flexibility index (Phi) is 4.35. The molecule has 0 radical (unpaired) electrons. The second-order valence-electron chi connectivity index (χ2n) is 5.64. The van der Waals surface area contributed by atoms with E-state index in [0.717, 1.165) is 21.3 Å². The van der Waals surface area contributed by atoms with Crippen molar-refractivity contribution in [3.05, 3.63) is 69.3 Å². The fraction of sp³-hybridized carbons (Fsp3) is 0. The van der Waals surface area contributed by atoms with Gasteiger partial charge in [-0.3, -0.25) is 10.1 Å². The molecule has 134 valence electrons. The predicted molar refractivity (Wildman–Crippen MR) is 106 cm³/mol. The molecular formula is C18H11ClN4O3S. The second kappa shape index (κ2) is 6.82. The summed E-state index contributed by atoms with van der Waals surface area (Å²) >= 11 is 7.43. The van der Waals surface area contributed by atoms with E-state index < -0.39 is 4.92 Å². The highest BCUT2D eigenvalue weighted by Gasteiger charge is 2.16. The molecule has 2 N–H and O–H groups in total. The minimum atomic E-state index is -0.524. The average Bonchev–Trinajstić information content (AvgIpc) is 3.09. The summed E-state index contributed by atoms with van der Waals surface area (Å²) in [5.41, 5.74) is 1.90. The van der Waals surface area contributed by atoms with Crippen LogP contribution in [0.15, 0.2) is 54.2 Å². The first-order chi connectivity index (χ1) is 13.0. The van der Waals surface area contributed by atoms with Gasteiger partial charge in [-0.15, -0.1) is 11.3 Å². The number of fused-ring (bicyclic) bond motifs is 1. The lowest BCUT2D eigenvalue weighted by atomic mass is 10.1. The number of nitro groups is 1. The van der Waals surface area contributed by atoms with Crippen molar-refractivity contribution in [1.82, 2.24) is 9.97 Å². The number of aromatic nitrogens is 2. The minimum absolute atomic E-state index is 0.115. The molecule has 0 saturated heterocycles. The Morgan fingerprint density at radius 2 is 1.93 bits per heavy atom. The number of thiophene rings is 1. The van der Waals surface area contributed by atoms with Crippen LogP contribution in [0.4, 0.5) is 17.2 Å². The first-order valence-corrected chi connectivity index (χ1v) is 9.01. The maximum absolute atomic E-state index is 11.0. The van der Waals surface area contributed by atoms with Crippen molar-refractivity contribution in [1.29, 1.82) is 0 Å². The molecule has 0 atom stereocenters. The van der Waals surface area contributed by atoms with E-state index in [-0.39, 0.29) is 17.1 Å². The standard InChI is InChI=1S/C18H11ClN4O3S/c19-11-3-1-10(2-4-11)13-8-27-18-16(13)17(20-9-21-18)22-14-7-12(23(25)26)5-6-15(14)24/h1-9,24H,(H,20,21,22). The number of rotatable bonds is 4. The maximum atomic E-state index is 11.0. The van der Waals surface area contributed by atoms with Gasteiger partial charge in [-0.05, 0) is 23.8 Å². The molecule has 4 aromatic rings. The van der Waals surface area contributed by atoms with E-state index in [2.05, 4.69) is 15.3 Å². The average molecular weight is 399 g/mol. The van der Waals surface area contributed by atoms with E-state index >= 15 is 0 Å².